The van der Waals surface area contributed by atoms with Crippen LogP contribution in [0.25, 0.3) is 0 Å². The van der Waals surface area contributed by atoms with E-state index >= 15 is 0 Å². The molecule has 0 unspecified atom stereocenters. The molecule has 22 heavy (non-hydrogen) atoms. The van der Waals surface area contributed by atoms with E-state index in [2.05, 4.69) is 18.5 Å². The fourth-order valence-electron chi connectivity index (χ4n) is 1.05. The van der Waals surface area contributed by atoms with Crippen LogP contribution < -0.4 is 5.32 Å². The summed E-state index contributed by atoms with van der Waals surface area (Å²) in [6.45, 7) is 9.30. The number of rotatable bonds is 12. The molecule has 0 aliphatic carbocycles. The third-order valence-electron chi connectivity index (χ3n) is 2.07. The van der Waals surface area contributed by atoms with Gasteiger partial charge >= 0.3 is 12.1 Å². The van der Waals surface area contributed by atoms with Gasteiger partial charge in [0, 0.05) is 12.7 Å². The Bertz CT molecular complexity index is 381. The molecule has 0 aliphatic rings. The summed E-state index contributed by atoms with van der Waals surface area (Å²) in [6.07, 6.45) is -0.625. The molecule has 126 valence electrons. The first-order valence-electron chi connectivity index (χ1n) is 6.58. The van der Waals surface area contributed by atoms with E-state index in [0.29, 0.717) is 11.3 Å². The number of amides is 1. The Morgan fingerprint density at radius 2 is 1.77 bits per heavy atom. The summed E-state index contributed by atoms with van der Waals surface area (Å²) in [5.41, 5.74) is 0.301. The van der Waals surface area contributed by atoms with E-state index in [1.807, 2.05) is 0 Å². The Kier molecular flexibility index (Phi) is 11.5. The number of methoxy groups -OCH3 is 1. The number of alkyl carbamates (subject to hydrolysis) is 1. The molecule has 0 aromatic heterocycles. The number of carbonyl (C=O) groups excluding carboxylic acids is 2. The normalized spacial score (nSPS) is 9.73. The van der Waals surface area contributed by atoms with Crippen LogP contribution in [0.15, 0.2) is 24.5 Å². The third-order valence-corrected chi connectivity index (χ3v) is 2.07. The highest BCUT2D eigenvalue weighted by atomic mass is 16.7. The maximum atomic E-state index is 11.2. The van der Waals surface area contributed by atoms with Crippen molar-refractivity contribution >= 4 is 12.1 Å². The van der Waals surface area contributed by atoms with Gasteiger partial charge in [-0.15, -0.1) is 0 Å². The Morgan fingerprint density at radius 3 is 2.41 bits per heavy atom. The van der Waals surface area contributed by atoms with Crippen LogP contribution in [0.2, 0.25) is 0 Å². The van der Waals surface area contributed by atoms with Crippen molar-refractivity contribution in [3.63, 3.8) is 0 Å². The van der Waals surface area contributed by atoms with E-state index in [-0.39, 0.29) is 39.8 Å². The summed E-state index contributed by atoms with van der Waals surface area (Å²) in [5.74, 6) is -0.0518. The molecule has 0 atom stereocenters. The van der Waals surface area contributed by atoms with Crippen molar-refractivity contribution in [2.45, 2.75) is 6.92 Å². The summed E-state index contributed by atoms with van der Waals surface area (Å²) in [7, 11) is 1.53. The maximum Gasteiger partial charge on any atom is 0.407 e. The highest BCUT2D eigenvalue weighted by Gasteiger charge is 2.04. The third kappa shape index (κ3) is 11.7. The quantitative estimate of drug-likeness (QED) is 0.189. The van der Waals surface area contributed by atoms with Gasteiger partial charge in [0.1, 0.15) is 25.6 Å². The molecule has 0 aromatic carbocycles. The minimum atomic E-state index is -0.625. The topological polar surface area (TPSA) is 92.3 Å². The van der Waals surface area contributed by atoms with Crippen molar-refractivity contribution in [2.75, 3.05) is 46.9 Å². The average molecular weight is 317 g/mol. The second-order valence-electron chi connectivity index (χ2n) is 4.12. The molecule has 8 nitrogen and oxygen atoms in total. The predicted molar refractivity (Wildman–Crippen MR) is 78.0 cm³/mol. The van der Waals surface area contributed by atoms with Gasteiger partial charge in [-0.3, -0.25) is 0 Å². The van der Waals surface area contributed by atoms with E-state index in [4.69, 9.17) is 23.7 Å². The molecular weight excluding hydrogens is 294 g/mol. The molecule has 0 bridgehead atoms. The largest absolute Gasteiger partial charge is 0.470 e. The van der Waals surface area contributed by atoms with E-state index in [1.54, 1.807) is 6.92 Å². The molecule has 0 heterocycles. The number of nitrogens with one attached hydrogen (secondary N) is 1. The van der Waals surface area contributed by atoms with Gasteiger partial charge in [-0.1, -0.05) is 13.2 Å². The number of ether oxygens (including phenoxy) is 5. The fourth-order valence-corrected chi connectivity index (χ4v) is 1.05. The number of esters is 1. The zero-order chi connectivity index (χ0) is 16.8. The summed E-state index contributed by atoms with van der Waals surface area (Å²) in [6, 6.07) is 0. The summed E-state index contributed by atoms with van der Waals surface area (Å²) >= 11 is 0. The molecular formula is C14H23NO7. The molecule has 0 aromatic rings. The molecule has 0 saturated carbocycles. The highest BCUT2D eigenvalue weighted by Crippen LogP contribution is 1.94. The Balaban J connectivity index is 3.41. The van der Waals surface area contributed by atoms with Crippen LogP contribution in [0.1, 0.15) is 6.92 Å². The van der Waals surface area contributed by atoms with E-state index in [1.165, 1.54) is 7.11 Å². The van der Waals surface area contributed by atoms with Gasteiger partial charge in [-0.25, -0.2) is 9.59 Å². The first-order valence-corrected chi connectivity index (χ1v) is 6.58. The lowest BCUT2D eigenvalue weighted by atomic mass is 10.4. The second kappa shape index (κ2) is 12.7. The number of hydrogen-bond donors (Lipinski definition) is 1. The maximum absolute atomic E-state index is 11.2. The van der Waals surface area contributed by atoms with Gasteiger partial charge in [-0.2, -0.15) is 0 Å². The predicted octanol–water partition coefficient (Wildman–Crippen LogP) is 0.983. The summed E-state index contributed by atoms with van der Waals surface area (Å²) in [5, 5.41) is 2.42. The lowest BCUT2D eigenvalue weighted by Gasteiger charge is -2.10. The molecule has 0 fully saturated rings. The average Bonchev–Trinajstić information content (AvgIpc) is 2.47. The van der Waals surface area contributed by atoms with Crippen molar-refractivity contribution in [3.8, 4) is 0 Å². The Labute approximate surface area is 130 Å². The zero-order valence-corrected chi connectivity index (χ0v) is 13.0. The van der Waals surface area contributed by atoms with Crippen LogP contribution in [0, 0.1) is 0 Å². The van der Waals surface area contributed by atoms with Crippen LogP contribution >= 0.6 is 0 Å². The van der Waals surface area contributed by atoms with Crippen LogP contribution in [-0.4, -0.2) is 58.9 Å². The highest BCUT2D eigenvalue weighted by molar-refractivity contribution is 5.86. The first kappa shape index (κ1) is 19.9. The van der Waals surface area contributed by atoms with Gasteiger partial charge < -0.3 is 29.0 Å². The summed E-state index contributed by atoms with van der Waals surface area (Å²) in [4.78, 5) is 22.3. The lowest BCUT2D eigenvalue weighted by Crippen LogP contribution is -2.29. The second-order valence-corrected chi connectivity index (χ2v) is 4.12. The molecule has 8 heteroatoms. The van der Waals surface area contributed by atoms with Gasteiger partial charge in [0.05, 0.1) is 13.2 Å². The minimum absolute atomic E-state index is 0.00400. The van der Waals surface area contributed by atoms with Crippen LogP contribution in [0.4, 0.5) is 4.79 Å². The Hall–Kier alpha value is -2.06. The molecule has 1 N–H and O–H groups in total. The first-order chi connectivity index (χ1) is 10.5. The van der Waals surface area contributed by atoms with E-state index in [9.17, 15) is 9.59 Å². The van der Waals surface area contributed by atoms with Gasteiger partial charge in [0.15, 0.2) is 6.79 Å². The molecule has 0 saturated heterocycles. The fraction of sp³-hybridized carbons (Fsp3) is 0.571. The monoisotopic (exact) mass is 317 g/mol. The van der Waals surface area contributed by atoms with Crippen molar-refractivity contribution < 1.29 is 33.3 Å². The van der Waals surface area contributed by atoms with Crippen molar-refractivity contribution in [3.05, 3.63) is 24.5 Å². The van der Waals surface area contributed by atoms with Crippen LogP contribution in [0.5, 0.6) is 0 Å². The molecule has 0 aliphatic heterocycles. The number of hydrogen-bond acceptors (Lipinski definition) is 7. The number of carbonyl (C=O) groups is 2. The SMILES string of the molecule is C=C(COC)OCOCCOC(=O)NCCOC(=O)C(=C)C. The zero-order valence-electron chi connectivity index (χ0n) is 13.0. The van der Waals surface area contributed by atoms with Crippen molar-refractivity contribution in [2.24, 2.45) is 0 Å². The van der Waals surface area contributed by atoms with E-state index < -0.39 is 12.1 Å². The molecule has 0 rings (SSSR count). The molecule has 0 spiro atoms. The van der Waals surface area contributed by atoms with Crippen LogP contribution in [0.3, 0.4) is 0 Å². The van der Waals surface area contributed by atoms with Crippen LogP contribution in [-0.2, 0) is 28.5 Å². The van der Waals surface area contributed by atoms with Gasteiger partial charge in [0.25, 0.3) is 0 Å². The van der Waals surface area contributed by atoms with E-state index in [0.717, 1.165) is 0 Å². The molecule has 0 radical (unpaired) electrons. The minimum Gasteiger partial charge on any atom is -0.470 e. The van der Waals surface area contributed by atoms with Crippen molar-refractivity contribution in [1.29, 1.82) is 0 Å². The Morgan fingerprint density at radius 1 is 1.05 bits per heavy atom. The van der Waals surface area contributed by atoms with Gasteiger partial charge in [0.2, 0.25) is 0 Å². The molecule has 1 amide bonds. The smallest absolute Gasteiger partial charge is 0.407 e. The standard InChI is InChI=1S/C14H23NO7/c1-11(2)13(16)20-6-5-15-14(17)21-8-7-19-10-22-12(3)9-18-4/h1,3,5-10H2,2,4H3,(H,15,17). The van der Waals surface area contributed by atoms with Crippen molar-refractivity contribution in [1.82, 2.24) is 5.32 Å². The lowest BCUT2D eigenvalue weighted by molar-refractivity contribution is -0.138. The summed E-state index contributed by atoms with van der Waals surface area (Å²) < 4.78 is 24.5. The van der Waals surface area contributed by atoms with Gasteiger partial charge in [-0.05, 0) is 6.92 Å².